The first-order chi connectivity index (χ1) is 12.7. The SMILES string of the molecule is CC.N#Cc1ccc(COc2nc(N3CCNCC3)ccc2F)c(F)c1. The van der Waals surface area contributed by atoms with Crippen molar-refractivity contribution in [3.8, 4) is 11.9 Å². The lowest BCUT2D eigenvalue weighted by Crippen LogP contribution is -2.43. The van der Waals surface area contributed by atoms with Crippen LogP contribution in [-0.2, 0) is 6.61 Å². The van der Waals surface area contributed by atoms with Crippen LogP contribution in [0.5, 0.6) is 5.88 Å². The van der Waals surface area contributed by atoms with E-state index in [2.05, 4.69) is 10.3 Å². The first kappa shape index (κ1) is 19.6. The molecule has 26 heavy (non-hydrogen) atoms. The van der Waals surface area contributed by atoms with Crippen molar-refractivity contribution in [3.63, 3.8) is 0 Å². The Hall–Kier alpha value is -2.72. The topological polar surface area (TPSA) is 61.2 Å². The maximum atomic E-state index is 13.9. The Bertz CT molecular complexity index is 771. The van der Waals surface area contributed by atoms with Gasteiger partial charge in [-0.15, -0.1) is 0 Å². The summed E-state index contributed by atoms with van der Waals surface area (Å²) in [5.74, 6) is -0.682. The normalized spacial score (nSPS) is 13.4. The molecule has 1 aliphatic rings. The van der Waals surface area contributed by atoms with Crippen LogP contribution in [0.4, 0.5) is 14.6 Å². The van der Waals surface area contributed by atoms with E-state index in [1.54, 1.807) is 6.07 Å². The highest BCUT2D eigenvalue weighted by Crippen LogP contribution is 2.22. The molecule has 0 radical (unpaired) electrons. The van der Waals surface area contributed by atoms with Gasteiger partial charge in [-0.1, -0.05) is 19.9 Å². The molecule has 138 valence electrons. The van der Waals surface area contributed by atoms with E-state index in [1.165, 1.54) is 18.2 Å². The van der Waals surface area contributed by atoms with Crippen LogP contribution in [0.3, 0.4) is 0 Å². The van der Waals surface area contributed by atoms with Crippen LogP contribution in [0.2, 0.25) is 0 Å². The van der Waals surface area contributed by atoms with Gasteiger partial charge in [0.25, 0.3) is 5.88 Å². The summed E-state index contributed by atoms with van der Waals surface area (Å²) in [5, 5.41) is 12.0. The number of piperazine rings is 1. The van der Waals surface area contributed by atoms with Crippen molar-refractivity contribution in [2.75, 3.05) is 31.1 Å². The number of ether oxygens (including phenoxy) is 1. The molecular formula is C19H22F2N4O. The third-order valence-corrected chi connectivity index (χ3v) is 3.79. The summed E-state index contributed by atoms with van der Waals surface area (Å²) < 4.78 is 33.1. The van der Waals surface area contributed by atoms with Gasteiger partial charge in [0.05, 0.1) is 11.6 Å². The first-order valence-corrected chi connectivity index (χ1v) is 8.61. The molecule has 3 rings (SSSR count). The standard InChI is InChI=1S/C17H16F2N4O.C2H6/c18-14-3-4-16(23-7-5-21-6-8-23)22-17(14)24-11-13-2-1-12(10-20)9-15(13)19;1-2/h1-4,9,21H,5-8,11H2;1-2H3. The van der Waals surface area contributed by atoms with Gasteiger partial charge in [-0.3, -0.25) is 0 Å². The van der Waals surface area contributed by atoms with E-state index in [1.807, 2.05) is 24.8 Å². The average Bonchev–Trinajstić information content (AvgIpc) is 2.70. The zero-order valence-corrected chi connectivity index (χ0v) is 14.9. The molecule has 0 aliphatic carbocycles. The average molecular weight is 360 g/mol. The molecule has 0 saturated carbocycles. The minimum Gasteiger partial charge on any atom is -0.471 e. The van der Waals surface area contributed by atoms with Gasteiger partial charge >= 0.3 is 0 Å². The highest BCUT2D eigenvalue weighted by molar-refractivity contribution is 5.42. The molecule has 1 aromatic carbocycles. The van der Waals surface area contributed by atoms with Crippen molar-refractivity contribution in [3.05, 3.63) is 53.1 Å². The van der Waals surface area contributed by atoms with Crippen molar-refractivity contribution in [1.82, 2.24) is 10.3 Å². The molecule has 0 spiro atoms. The quantitative estimate of drug-likeness (QED) is 0.907. The highest BCUT2D eigenvalue weighted by atomic mass is 19.1. The summed E-state index contributed by atoms with van der Waals surface area (Å²) in [6, 6.07) is 8.83. The molecule has 0 atom stereocenters. The maximum absolute atomic E-state index is 13.9. The van der Waals surface area contributed by atoms with Crippen LogP contribution in [0.1, 0.15) is 25.0 Å². The lowest BCUT2D eigenvalue weighted by Gasteiger charge is -2.28. The van der Waals surface area contributed by atoms with E-state index in [9.17, 15) is 8.78 Å². The molecule has 0 bridgehead atoms. The Labute approximate surface area is 152 Å². The van der Waals surface area contributed by atoms with Crippen LogP contribution < -0.4 is 15.0 Å². The number of hydrogen-bond acceptors (Lipinski definition) is 5. The Balaban J connectivity index is 0.00000117. The number of nitriles is 1. The maximum Gasteiger partial charge on any atom is 0.252 e. The molecule has 1 aromatic heterocycles. The van der Waals surface area contributed by atoms with Crippen molar-refractivity contribution in [2.45, 2.75) is 20.5 Å². The largest absolute Gasteiger partial charge is 0.471 e. The number of benzene rings is 1. The molecule has 0 unspecified atom stereocenters. The third kappa shape index (κ3) is 4.90. The fourth-order valence-electron chi connectivity index (χ4n) is 2.46. The minimum absolute atomic E-state index is 0.158. The second-order valence-electron chi connectivity index (χ2n) is 5.40. The van der Waals surface area contributed by atoms with Crippen LogP contribution >= 0.6 is 0 Å². The van der Waals surface area contributed by atoms with Gasteiger partial charge in [-0.2, -0.15) is 10.2 Å². The second kappa shape index (κ2) is 9.68. The number of nitrogens with one attached hydrogen (secondary N) is 1. The van der Waals surface area contributed by atoms with E-state index in [-0.39, 0.29) is 23.6 Å². The minimum atomic E-state index is -0.595. The molecular weight excluding hydrogens is 338 g/mol. The molecule has 2 heterocycles. The number of halogens is 2. The highest BCUT2D eigenvalue weighted by Gasteiger charge is 2.15. The predicted octanol–water partition coefficient (Wildman–Crippen LogP) is 3.25. The molecule has 1 saturated heterocycles. The first-order valence-electron chi connectivity index (χ1n) is 8.61. The van der Waals surface area contributed by atoms with Gasteiger partial charge in [0.15, 0.2) is 5.82 Å². The van der Waals surface area contributed by atoms with Gasteiger partial charge in [-0.25, -0.2) is 8.78 Å². The summed E-state index contributed by atoms with van der Waals surface area (Å²) >= 11 is 0. The number of aromatic nitrogens is 1. The molecule has 1 N–H and O–H groups in total. The molecule has 1 aliphatic heterocycles. The summed E-state index contributed by atoms with van der Waals surface area (Å²) in [7, 11) is 0. The fraction of sp³-hybridized carbons (Fsp3) is 0.368. The molecule has 0 amide bonds. The zero-order valence-electron chi connectivity index (χ0n) is 14.9. The fourth-order valence-corrected chi connectivity index (χ4v) is 2.46. The summed E-state index contributed by atoms with van der Waals surface area (Å²) in [6.07, 6.45) is 0. The second-order valence-corrected chi connectivity index (χ2v) is 5.40. The Morgan fingerprint density at radius 1 is 1.15 bits per heavy atom. The number of hydrogen-bond donors (Lipinski definition) is 1. The van der Waals surface area contributed by atoms with E-state index in [0.717, 1.165) is 32.2 Å². The monoisotopic (exact) mass is 360 g/mol. The number of rotatable bonds is 4. The predicted molar refractivity (Wildman–Crippen MR) is 96.1 cm³/mol. The van der Waals surface area contributed by atoms with Crippen molar-refractivity contribution in [1.29, 1.82) is 5.26 Å². The Morgan fingerprint density at radius 3 is 2.54 bits per heavy atom. The summed E-state index contributed by atoms with van der Waals surface area (Å²) in [6.45, 7) is 7.08. The van der Waals surface area contributed by atoms with Crippen LogP contribution in [0, 0.1) is 23.0 Å². The van der Waals surface area contributed by atoms with Crippen molar-refractivity contribution < 1.29 is 13.5 Å². The lowest BCUT2D eigenvalue weighted by atomic mass is 10.1. The number of nitrogens with zero attached hydrogens (tertiary/aromatic N) is 3. The van der Waals surface area contributed by atoms with E-state index < -0.39 is 11.6 Å². The van der Waals surface area contributed by atoms with Gasteiger partial charge in [0.2, 0.25) is 0 Å². The van der Waals surface area contributed by atoms with Crippen LogP contribution in [-0.4, -0.2) is 31.2 Å². The summed E-state index contributed by atoms with van der Waals surface area (Å²) in [4.78, 5) is 6.23. The Morgan fingerprint density at radius 2 is 1.88 bits per heavy atom. The van der Waals surface area contributed by atoms with Gasteiger partial charge in [-0.05, 0) is 24.3 Å². The van der Waals surface area contributed by atoms with Crippen LogP contribution in [0.25, 0.3) is 0 Å². The van der Waals surface area contributed by atoms with Gasteiger partial charge in [0, 0.05) is 31.7 Å². The zero-order chi connectivity index (χ0) is 18.9. The molecule has 5 nitrogen and oxygen atoms in total. The summed E-state index contributed by atoms with van der Waals surface area (Å²) in [5.41, 5.74) is 0.462. The Kier molecular flexibility index (Phi) is 7.30. The lowest BCUT2D eigenvalue weighted by molar-refractivity contribution is 0.272. The third-order valence-electron chi connectivity index (χ3n) is 3.79. The van der Waals surface area contributed by atoms with E-state index in [4.69, 9.17) is 10.00 Å². The van der Waals surface area contributed by atoms with E-state index in [0.29, 0.717) is 5.82 Å². The van der Waals surface area contributed by atoms with Crippen molar-refractivity contribution >= 4 is 5.82 Å². The number of pyridine rings is 1. The molecule has 2 aromatic rings. The smallest absolute Gasteiger partial charge is 0.252 e. The molecule has 7 heteroatoms. The molecule has 1 fully saturated rings. The van der Waals surface area contributed by atoms with Crippen LogP contribution in [0.15, 0.2) is 30.3 Å². The van der Waals surface area contributed by atoms with Crippen molar-refractivity contribution in [2.24, 2.45) is 0 Å². The van der Waals surface area contributed by atoms with E-state index >= 15 is 0 Å². The van der Waals surface area contributed by atoms with Gasteiger partial charge in [0.1, 0.15) is 18.2 Å². The van der Waals surface area contributed by atoms with Gasteiger partial charge < -0.3 is 15.0 Å². The number of anilines is 1.